The number of likely N-dealkylation sites (N-methyl/N-ethyl adjacent to an activating group) is 1. The van der Waals surface area contributed by atoms with Gasteiger partial charge in [0, 0.05) is 38.6 Å². The van der Waals surface area contributed by atoms with Crippen molar-refractivity contribution in [1.82, 2.24) is 20.4 Å². The molecular weight excluding hydrogens is 534 g/mol. The highest BCUT2D eigenvalue weighted by Gasteiger charge is 2.50. The Hall–Kier alpha value is -1.29. The van der Waals surface area contributed by atoms with Gasteiger partial charge in [0.2, 0.25) is 5.91 Å². The van der Waals surface area contributed by atoms with Crippen molar-refractivity contribution in [1.29, 1.82) is 5.41 Å². The molecule has 0 aromatic rings. The van der Waals surface area contributed by atoms with Gasteiger partial charge >= 0.3 is 6.18 Å². The summed E-state index contributed by atoms with van der Waals surface area (Å²) in [7, 11) is 1.88. The smallest absolute Gasteiger partial charge is 0.353 e. The fraction of sp³-hybridized carbons (Fsp3) is 0.929. The third-order valence-corrected chi connectivity index (χ3v) is 10.7. The molecule has 2 saturated heterocycles. The monoisotopic (exact) mass is 577 g/mol. The van der Waals surface area contributed by atoms with Gasteiger partial charge in [-0.1, -0.05) is 0 Å². The molecule has 222 valence electrons. The summed E-state index contributed by atoms with van der Waals surface area (Å²) in [6, 6.07) is -1.57. The molecule has 0 spiro atoms. The zero-order chi connectivity index (χ0) is 27.9. The lowest BCUT2D eigenvalue weighted by atomic mass is 9.66. The summed E-state index contributed by atoms with van der Waals surface area (Å²) in [6.45, 7) is 2.45. The number of nitrogens with one attached hydrogen (secondary N) is 3. The van der Waals surface area contributed by atoms with Crippen molar-refractivity contribution in [2.45, 2.75) is 94.0 Å². The van der Waals surface area contributed by atoms with E-state index in [1.165, 1.54) is 0 Å². The molecule has 3 aliphatic carbocycles. The maximum absolute atomic E-state index is 14.1. The zero-order valence-electron chi connectivity index (χ0n) is 22.9. The molecule has 9 atom stereocenters. The number of rotatable bonds is 7. The van der Waals surface area contributed by atoms with E-state index in [0.717, 1.165) is 25.9 Å². The van der Waals surface area contributed by atoms with Crippen molar-refractivity contribution in [3.8, 4) is 0 Å². The highest BCUT2D eigenvalue weighted by atomic mass is 35.5. The van der Waals surface area contributed by atoms with Crippen molar-refractivity contribution < 1.29 is 22.4 Å². The molecule has 3 saturated carbocycles. The van der Waals surface area contributed by atoms with Gasteiger partial charge in [-0.3, -0.25) is 10.2 Å². The Morgan fingerprint density at radius 2 is 1.85 bits per heavy atom. The maximum atomic E-state index is 14.1. The van der Waals surface area contributed by atoms with E-state index < -0.39 is 29.7 Å². The van der Waals surface area contributed by atoms with Crippen LogP contribution in [0.25, 0.3) is 0 Å². The molecule has 0 aromatic heterocycles. The van der Waals surface area contributed by atoms with Gasteiger partial charge in [-0.15, -0.1) is 11.6 Å². The first-order valence-corrected chi connectivity index (χ1v) is 15.4. The van der Waals surface area contributed by atoms with Crippen LogP contribution in [0, 0.1) is 40.9 Å². The third-order valence-electron chi connectivity index (χ3n) is 10.2. The minimum atomic E-state index is -4.32. The van der Waals surface area contributed by atoms with Gasteiger partial charge in [-0.2, -0.15) is 13.2 Å². The zero-order valence-corrected chi connectivity index (χ0v) is 23.6. The van der Waals surface area contributed by atoms with E-state index in [0.29, 0.717) is 76.3 Å². The Kier molecular flexibility index (Phi) is 8.92. The first-order valence-electron chi connectivity index (χ1n) is 14.9. The topological polar surface area (TPSA) is 71.5 Å². The van der Waals surface area contributed by atoms with Crippen LogP contribution in [0.15, 0.2) is 0 Å². The Bertz CT molecular complexity index is 889. The largest absolute Gasteiger partial charge is 0.404 e. The van der Waals surface area contributed by atoms with Crippen LogP contribution in [-0.4, -0.2) is 84.7 Å². The summed E-state index contributed by atoms with van der Waals surface area (Å²) in [5.41, 5.74) is 0. The third kappa shape index (κ3) is 6.79. The standard InChI is InChI=1S/C28H44ClF4N5O/c1-37-9-10-38(27(37)34)15-16-11-19(21-3-2-8-35-25(21)28(31,32)33)13-20(12-16)26(39)36-24(17-4-5-17)18-6-7-23(30)22(29)14-18/h16-25,34-35H,2-15H2,1H3,(H,36,39)/t16?,18?,19?,20?,21?,22?,23?,24-,25?/m0/s1. The molecular formula is C28H44ClF4N5O. The van der Waals surface area contributed by atoms with E-state index >= 15 is 0 Å². The van der Waals surface area contributed by atoms with Crippen LogP contribution in [0.3, 0.4) is 0 Å². The van der Waals surface area contributed by atoms with E-state index in [9.17, 15) is 22.4 Å². The molecule has 2 heterocycles. The fourth-order valence-corrected chi connectivity index (χ4v) is 8.34. The van der Waals surface area contributed by atoms with Gasteiger partial charge < -0.3 is 20.4 Å². The van der Waals surface area contributed by atoms with Crippen LogP contribution < -0.4 is 10.6 Å². The van der Waals surface area contributed by atoms with E-state index in [4.69, 9.17) is 17.0 Å². The molecule has 39 heavy (non-hydrogen) atoms. The number of carbonyl (C=O) groups excluding carboxylic acids is 1. The van der Waals surface area contributed by atoms with Crippen molar-refractivity contribution >= 4 is 23.5 Å². The number of guanidine groups is 1. The first kappa shape index (κ1) is 29.2. The molecule has 0 radical (unpaired) electrons. The summed E-state index contributed by atoms with van der Waals surface area (Å²) >= 11 is 6.28. The van der Waals surface area contributed by atoms with E-state index in [1.807, 2.05) is 16.8 Å². The van der Waals surface area contributed by atoms with Crippen LogP contribution in [0.2, 0.25) is 0 Å². The summed E-state index contributed by atoms with van der Waals surface area (Å²) in [5, 5.41) is 13.9. The van der Waals surface area contributed by atoms with Gasteiger partial charge in [0.15, 0.2) is 5.96 Å². The molecule has 5 aliphatic rings. The molecule has 0 aromatic carbocycles. The number of nitrogens with zero attached hydrogens (tertiary/aromatic N) is 2. The summed E-state index contributed by atoms with van der Waals surface area (Å²) in [6.07, 6.45) is 1.36. The van der Waals surface area contributed by atoms with Gasteiger partial charge in [0.1, 0.15) is 12.2 Å². The lowest BCUT2D eigenvalue weighted by Gasteiger charge is -2.45. The van der Waals surface area contributed by atoms with Gasteiger partial charge in [0.25, 0.3) is 0 Å². The summed E-state index contributed by atoms with van der Waals surface area (Å²) in [5.74, 6) is -0.151. The number of hydrogen-bond donors (Lipinski definition) is 3. The maximum Gasteiger partial charge on any atom is 0.404 e. The van der Waals surface area contributed by atoms with Crippen LogP contribution in [0.1, 0.15) is 64.2 Å². The van der Waals surface area contributed by atoms with E-state index in [-0.39, 0.29) is 35.6 Å². The number of hydrogen-bond acceptors (Lipinski definition) is 3. The molecule has 5 fully saturated rings. The Labute approximate surface area is 234 Å². The Balaban J connectivity index is 1.32. The fourth-order valence-electron chi connectivity index (χ4n) is 7.98. The highest BCUT2D eigenvalue weighted by Crippen LogP contribution is 2.46. The number of halogens is 5. The normalized spacial score (nSPS) is 39.1. The van der Waals surface area contributed by atoms with Gasteiger partial charge in [-0.25, -0.2) is 4.39 Å². The van der Waals surface area contributed by atoms with Crippen LogP contribution in [0.5, 0.6) is 0 Å². The first-order chi connectivity index (χ1) is 18.5. The molecule has 8 unspecified atom stereocenters. The summed E-state index contributed by atoms with van der Waals surface area (Å²) in [4.78, 5) is 17.7. The predicted molar refractivity (Wildman–Crippen MR) is 143 cm³/mol. The van der Waals surface area contributed by atoms with Crippen LogP contribution in [0.4, 0.5) is 17.6 Å². The van der Waals surface area contributed by atoms with Crippen LogP contribution >= 0.6 is 11.6 Å². The lowest BCUT2D eigenvalue weighted by Crippen LogP contribution is -2.55. The lowest BCUT2D eigenvalue weighted by molar-refractivity contribution is -0.179. The Morgan fingerprint density at radius 1 is 1.10 bits per heavy atom. The molecule has 3 N–H and O–H groups in total. The van der Waals surface area contributed by atoms with Crippen molar-refractivity contribution in [2.24, 2.45) is 35.5 Å². The summed E-state index contributed by atoms with van der Waals surface area (Å²) < 4.78 is 56.2. The molecule has 0 bridgehead atoms. The molecule has 2 aliphatic heterocycles. The molecule has 11 heteroatoms. The van der Waals surface area contributed by atoms with Crippen molar-refractivity contribution in [3.05, 3.63) is 0 Å². The van der Waals surface area contributed by atoms with Crippen LogP contribution in [-0.2, 0) is 4.79 Å². The second kappa shape index (κ2) is 11.9. The second-order valence-electron chi connectivity index (χ2n) is 13.0. The Morgan fingerprint density at radius 3 is 2.49 bits per heavy atom. The number of piperidine rings is 1. The predicted octanol–water partition coefficient (Wildman–Crippen LogP) is 4.77. The minimum Gasteiger partial charge on any atom is -0.353 e. The van der Waals surface area contributed by atoms with E-state index in [2.05, 4.69) is 10.6 Å². The van der Waals surface area contributed by atoms with E-state index in [1.54, 1.807) is 0 Å². The van der Waals surface area contributed by atoms with Crippen molar-refractivity contribution in [2.75, 3.05) is 33.2 Å². The molecule has 6 nitrogen and oxygen atoms in total. The molecule has 1 amide bonds. The number of carbonyl (C=O) groups is 1. The quantitative estimate of drug-likeness (QED) is 0.301. The highest BCUT2D eigenvalue weighted by molar-refractivity contribution is 6.21. The van der Waals surface area contributed by atoms with Gasteiger partial charge in [0.05, 0.1) is 5.38 Å². The second-order valence-corrected chi connectivity index (χ2v) is 13.5. The number of amides is 1. The molecule has 5 rings (SSSR count). The average molecular weight is 578 g/mol. The minimum absolute atomic E-state index is 0.0373. The van der Waals surface area contributed by atoms with Gasteiger partial charge in [-0.05, 0) is 100 Å². The van der Waals surface area contributed by atoms with Crippen molar-refractivity contribution in [3.63, 3.8) is 0 Å². The SMILES string of the molecule is CN1CCN(CC2CC(C(=O)N[C@@H](C3CC3)C3CCC(F)C(Cl)C3)CC(C3CCCNC3C(F)(F)F)C2)C1=N. The average Bonchev–Trinajstić information content (AvgIpc) is 3.70. The number of alkyl halides is 5.